The van der Waals surface area contributed by atoms with Crippen LogP contribution in [0.2, 0.25) is 0 Å². The van der Waals surface area contributed by atoms with Crippen LogP contribution in [0.1, 0.15) is 66.2 Å². The number of amides is 1. The Labute approximate surface area is 134 Å². The van der Waals surface area contributed by atoms with Crippen molar-refractivity contribution >= 4 is 6.41 Å². The zero-order chi connectivity index (χ0) is 16.4. The largest absolute Gasteiger partial charge is 0.396 e. The van der Waals surface area contributed by atoms with E-state index in [0.717, 1.165) is 38.5 Å². The molecule has 2 rings (SSSR count). The summed E-state index contributed by atoms with van der Waals surface area (Å²) >= 11 is 0. The topological polar surface area (TPSA) is 61.8 Å². The molecule has 0 aromatic carbocycles. The van der Waals surface area contributed by atoms with Gasteiger partial charge in [0.25, 0.3) is 0 Å². The fourth-order valence-corrected chi connectivity index (χ4v) is 4.17. The van der Waals surface area contributed by atoms with Crippen molar-refractivity contribution in [2.75, 3.05) is 13.2 Å². The highest BCUT2D eigenvalue weighted by molar-refractivity contribution is 5.49. The number of ether oxygens (including phenoxy) is 1. The summed E-state index contributed by atoms with van der Waals surface area (Å²) in [5.41, 5.74) is -0.367. The standard InChI is InChI=1S/C17H32N2O3/c1-15(2)11-14(12-16(3,4)18-15)22-17(7-5-8-17)19(13-21)9-6-10-20/h13-14,18,20H,5-12H2,1-4H3. The van der Waals surface area contributed by atoms with E-state index in [1.165, 1.54) is 0 Å². The fraction of sp³-hybridized carbons (Fsp3) is 0.941. The molecule has 0 atom stereocenters. The summed E-state index contributed by atoms with van der Waals surface area (Å²) < 4.78 is 6.51. The molecule has 0 aromatic heterocycles. The van der Waals surface area contributed by atoms with E-state index in [0.29, 0.717) is 13.0 Å². The molecule has 1 aliphatic heterocycles. The fourth-order valence-electron chi connectivity index (χ4n) is 4.17. The number of rotatable bonds is 7. The number of carbonyl (C=O) groups is 1. The maximum Gasteiger partial charge on any atom is 0.211 e. The first-order chi connectivity index (χ1) is 10.2. The highest BCUT2D eigenvalue weighted by atomic mass is 16.5. The van der Waals surface area contributed by atoms with Crippen molar-refractivity contribution in [1.29, 1.82) is 0 Å². The third-order valence-corrected chi connectivity index (χ3v) is 4.88. The molecular formula is C17H32N2O3. The number of nitrogens with one attached hydrogen (secondary N) is 1. The Morgan fingerprint density at radius 2 is 1.82 bits per heavy atom. The van der Waals surface area contributed by atoms with Gasteiger partial charge in [0.2, 0.25) is 6.41 Å². The number of nitrogens with zero attached hydrogens (tertiary/aromatic N) is 1. The number of hydrogen-bond donors (Lipinski definition) is 2. The van der Waals surface area contributed by atoms with Crippen LogP contribution in [-0.4, -0.2) is 52.5 Å². The van der Waals surface area contributed by atoms with Crippen LogP contribution in [0.15, 0.2) is 0 Å². The van der Waals surface area contributed by atoms with Crippen molar-refractivity contribution < 1.29 is 14.6 Å². The molecule has 128 valence electrons. The Morgan fingerprint density at radius 3 is 2.23 bits per heavy atom. The van der Waals surface area contributed by atoms with Crippen molar-refractivity contribution in [1.82, 2.24) is 10.2 Å². The van der Waals surface area contributed by atoms with E-state index in [9.17, 15) is 4.79 Å². The van der Waals surface area contributed by atoms with Crippen molar-refractivity contribution in [2.24, 2.45) is 0 Å². The van der Waals surface area contributed by atoms with Crippen LogP contribution in [0, 0.1) is 0 Å². The monoisotopic (exact) mass is 312 g/mol. The second-order valence-corrected chi connectivity index (χ2v) is 8.22. The SMILES string of the molecule is CC1(C)CC(OC2(N(C=O)CCCO)CCC2)CC(C)(C)N1. The molecule has 0 spiro atoms. The van der Waals surface area contributed by atoms with Gasteiger partial charge >= 0.3 is 0 Å². The van der Waals surface area contributed by atoms with Gasteiger partial charge in [0.1, 0.15) is 5.72 Å². The van der Waals surface area contributed by atoms with Crippen molar-refractivity contribution in [3.8, 4) is 0 Å². The molecule has 0 radical (unpaired) electrons. The van der Waals surface area contributed by atoms with E-state index in [2.05, 4.69) is 33.0 Å². The van der Waals surface area contributed by atoms with E-state index >= 15 is 0 Å². The van der Waals surface area contributed by atoms with Crippen LogP contribution < -0.4 is 5.32 Å². The van der Waals surface area contributed by atoms with E-state index in [1.807, 2.05) is 0 Å². The molecule has 22 heavy (non-hydrogen) atoms. The van der Waals surface area contributed by atoms with E-state index in [1.54, 1.807) is 4.90 Å². The number of aliphatic hydroxyl groups excluding tert-OH is 1. The molecule has 5 nitrogen and oxygen atoms in total. The Morgan fingerprint density at radius 1 is 1.23 bits per heavy atom. The van der Waals surface area contributed by atoms with E-state index in [-0.39, 0.29) is 23.8 Å². The number of aliphatic hydroxyl groups is 1. The van der Waals surface area contributed by atoms with Gasteiger partial charge in [0.05, 0.1) is 6.10 Å². The highest BCUT2D eigenvalue weighted by Gasteiger charge is 2.48. The van der Waals surface area contributed by atoms with Crippen LogP contribution >= 0.6 is 0 Å². The molecule has 1 saturated heterocycles. The van der Waals surface area contributed by atoms with Crippen LogP contribution in [0.4, 0.5) is 0 Å². The second-order valence-electron chi connectivity index (χ2n) is 8.22. The third kappa shape index (κ3) is 4.00. The maximum atomic E-state index is 11.5. The first-order valence-corrected chi connectivity index (χ1v) is 8.52. The minimum absolute atomic E-state index is 0.0362. The first kappa shape index (κ1) is 17.7. The van der Waals surface area contributed by atoms with Gasteiger partial charge in [0.15, 0.2) is 0 Å². The lowest BCUT2D eigenvalue weighted by Gasteiger charge is -2.53. The van der Waals surface area contributed by atoms with Gasteiger partial charge in [-0.2, -0.15) is 0 Å². The predicted molar refractivity (Wildman–Crippen MR) is 86.5 cm³/mol. The zero-order valence-corrected chi connectivity index (χ0v) is 14.5. The molecule has 2 N–H and O–H groups in total. The van der Waals surface area contributed by atoms with E-state index < -0.39 is 5.72 Å². The molecule has 2 fully saturated rings. The number of piperidine rings is 1. The average Bonchev–Trinajstić information content (AvgIpc) is 2.32. The lowest BCUT2D eigenvalue weighted by atomic mass is 9.79. The minimum Gasteiger partial charge on any atom is -0.396 e. The summed E-state index contributed by atoms with van der Waals surface area (Å²) in [5, 5.41) is 12.7. The Bertz CT molecular complexity index is 375. The van der Waals surface area contributed by atoms with E-state index in [4.69, 9.17) is 9.84 Å². The maximum absolute atomic E-state index is 11.5. The van der Waals surface area contributed by atoms with Gasteiger partial charge < -0.3 is 20.1 Å². The average molecular weight is 312 g/mol. The summed E-state index contributed by atoms with van der Waals surface area (Å²) in [6.45, 7) is 9.51. The van der Waals surface area contributed by atoms with Crippen molar-refractivity contribution in [3.05, 3.63) is 0 Å². The summed E-state index contributed by atoms with van der Waals surface area (Å²) in [4.78, 5) is 13.3. The zero-order valence-electron chi connectivity index (χ0n) is 14.5. The summed E-state index contributed by atoms with van der Waals surface area (Å²) in [6, 6.07) is 0. The van der Waals surface area contributed by atoms with Gasteiger partial charge in [-0.1, -0.05) is 0 Å². The lowest BCUT2D eigenvalue weighted by Crippen LogP contribution is -2.63. The first-order valence-electron chi connectivity index (χ1n) is 8.52. The molecule has 1 heterocycles. The molecule has 5 heteroatoms. The van der Waals surface area contributed by atoms with Crippen molar-refractivity contribution in [2.45, 2.75) is 89.1 Å². The summed E-state index contributed by atoms with van der Waals surface area (Å²) in [5.74, 6) is 0. The lowest BCUT2D eigenvalue weighted by molar-refractivity contribution is -0.232. The summed E-state index contributed by atoms with van der Waals surface area (Å²) in [7, 11) is 0. The Kier molecular flexibility index (Phi) is 5.20. The summed E-state index contributed by atoms with van der Waals surface area (Å²) in [6.07, 6.45) is 6.46. The van der Waals surface area contributed by atoms with Gasteiger partial charge in [-0.15, -0.1) is 0 Å². The molecule has 0 unspecified atom stereocenters. The molecule has 0 bridgehead atoms. The molecule has 2 aliphatic rings. The van der Waals surface area contributed by atoms with Gasteiger partial charge in [-0.3, -0.25) is 4.79 Å². The Balaban J connectivity index is 2.07. The third-order valence-electron chi connectivity index (χ3n) is 4.88. The van der Waals surface area contributed by atoms with Crippen molar-refractivity contribution in [3.63, 3.8) is 0 Å². The van der Waals surface area contributed by atoms with Crippen LogP contribution in [0.5, 0.6) is 0 Å². The molecule has 1 amide bonds. The van der Waals surface area contributed by atoms with Crippen LogP contribution in [-0.2, 0) is 9.53 Å². The number of hydrogen-bond acceptors (Lipinski definition) is 4. The predicted octanol–water partition coefficient (Wildman–Crippen LogP) is 2.03. The minimum atomic E-state index is -0.439. The number of carbonyl (C=O) groups excluding carboxylic acids is 1. The van der Waals surface area contributed by atoms with Crippen LogP contribution in [0.3, 0.4) is 0 Å². The smallest absolute Gasteiger partial charge is 0.211 e. The van der Waals surface area contributed by atoms with Gasteiger partial charge in [0, 0.05) is 24.2 Å². The molecule has 1 aliphatic carbocycles. The Hall–Kier alpha value is -0.650. The van der Waals surface area contributed by atoms with Crippen LogP contribution in [0.25, 0.3) is 0 Å². The van der Waals surface area contributed by atoms with Gasteiger partial charge in [-0.05, 0) is 66.2 Å². The second kappa shape index (κ2) is 6.46. The molecular weight excluding hydrogens is 280 g/mol. The quantitative estimate of drug-likeness (QED) is 0.558. The normalized spacial score (nSPS) is 26.2. The molecule has 0 aromatic rings. The van der Waals surface area contributed by atoms with Gasteiger partial charge in [-0.25, -0.2) is 0 Å². The molecule has 1 saturated carbocycles. The highest BCUT2D eigenvalue weighted by Crippen LogP contribution is 2.42.